The Hall–Kier alpha value is -3.74. The molecule has 0 bridgehead atoms. The van der Waals surface area contributed by atoms with Crippen LogP contribution in [0.5, 0.6) is 5.75 Å². The standard InChI is InChI=1S/C23H23FN4O2/c1-3-30-21-7-5-4-6-20(21)27-23(26-15-17-10-12-25-13-11-17)28-22(29)18-9-8-16(2)19(24)14-18/h4-14H,3,15H2,1-2H3,(H2,26,27,28,29). The van der Waals surface area contributed by atoms with Crippen molar-refractivity contribution in [2.24, 2.45) is 4.99 Å². The summed E-state index contributed by atoms with van der Waals surface area (Å²) in [5.41, 5.74) is 2.26. The molecular formula is C23H23FN4O2. The van der Waals surface area contributed by atoms with Crippen molar-refractivity contribution in [2.45, 2.75) is 20.4 Å². The summed E-state index contributed by atoms with van der Waals surface area (Å²) in [4.78, 5) is 21.2. The fourth-order valence-corrected chi connectivity index (χ4v) is 2.66. The Balaban J connectivity index is 1.85. The molecule has 3 rings (SSSR count). The zero-order valence-corrected chi connectivity index (χ0v) is 16.9. The van der Waals surface area contributed by atoms with Crippen LogP contribution in [0.25, 0.3) is 0 Å². The lowest BCUT2D eigenvalue weighted by Crippen LogP contribution is -2.36. The third-order valence-corrected chi connectivity index (χ3v) is 4.28. The van der Waals surface area contributed by atoms with E-state index in [1.807, 2.05) is 43.3 Å². The number of para-hydroxylation sites is 2. The minimum absolute atomic E-state index is 0.203. The molecule has 7 heteroatoms. The number of nitrogens with one attached hydrogen (secondary N) is 2. The smallest absolute Gasteiger partial charge is 0.258 e. The number of ether oxygens (including phenoxy) is 1. The molecule has 0 saturated heterocycles. The van der Waals surface area contributed by atoms with E-state index in [1.165, 1.54) is 6.07 Å². The number of halogens is 1. The molecule has 0 saturated carbocycles. The first-order valence-corrected chi connectivity index (χ1v) is 9.56. The van der Waals surface area contributed by atoms with Gasteiger partial charge >= 0.3 is 0 Å². The summed E-state index contributed by atoms with van der Waals surface area (Å²) in [6.07, 6.45) is 3.35. The van der Waals surface area contributed by atoms with Gasteiger partial charge in [-0.05, 0) is 61.4 Å². The van der Waals surface area contributed by atoms with Gasteiger partial charge in [0.25, 0.3) is 5.91 Å². The van der Waals surface area contributed by atoms with Crippen molar-refractivity contribution in [3.05, 3.63) is 89.5 Å². The Kier molecular flexibility index (Phi) is 7.10. The number of rotatable bonds is 6. The van der Waals surface area contributed by atoms with E-state index < -0.39 is 11.7 Å². The van der Waals surface area contributed by atoms with Gasteiger partial charge in [0.1, 0.15) is 11.6 Å². The summed E-state index contributed by atoms with van der Waals surface area (Å²) in [6.45, 7) is 4.36. The molecule has 6 nitrogen and oxygen atoms in total. The maximum atomic E-state index is 13.9. The van der Waals surface area contributed by atoms with Crippen LogP contribution in [0, 0.1) is 12.7 Å². The van der Waals surface area contributed by atoms with Gasteiger partial charge in [-0.15, -0.1) is 0 Å². The van der Waals surface area contributed by atoms with Gasteiger partial charge in [0, 0.05) is 18.0 Å². The van der Waals surface area contributed by atoms with Crippen molar-refractivity contribution in [2.75, 3.05) is 11.9 Å². The number of pyridine rings is 1. The number of aliphatic imine (C=N–C) groups is 1. The molecule has 30 heavy (non-hydrogen) atoms. The number of nitrogens with zero attached hydrogens (tertiary/aromatic N) is 2. The predicted molar refractivity (Wildman–Crippen MR) is 115 cm³/mol. The molecule has 0 spiro atoms. The molecule has 1 heterocycles. The third-order valence-electron chi connectivity index (χ3n) is 4.28. The van der Waals surface area contributed by atoms with E-state index in [-0.39, 0.29) is 11.5 Å². The Bertz CT molecular complexity index is 1040. The number of aryl methyl sites for hydroxylation is 1. The van der Waals surface area contributed by atoms with E-state index in [0.717, 1.165) is 5.56 Å². The number of carbonyl (C=O) groups excluding carboxylic acids is 1. The van der Waals surface area contributed by atoms with Gasteiger partial charge in [-0.1, -0.05) is 18.2 Å². The van der Waals surface area contributed by atoms with Crippen molar-refractivity contribution in [1.82, 2.24) is 10.3 Å². The minimum Gasteiger partial charge on any atom is -0.492 e. The normalized spacial score (nSPS) is 11.1. The lowest BCUT2D eigenvalue weighted by molar-refractivity contribution is 0.0976. The number of guanidine groups is 1. The van der Waals surface area contributed by atoms with Crippen LogP contribution in [0.2, 0.25) is 0 Å². The molecule has 0 aliphatic carbocycles. The van der Waals surface area contributed by atoms with Crippen LogP contribution in [0.3, 0.4) is 0 Å². The van der Waals surface area contributed by atoms with Crippen LogP contribution >= 0.6 is 0 Å². The van der Waals surface area contributed by atoms with Crippen molar-refractivity contribution in [3.63, 3.8) is 0 Å². The van der Waals surface area contributed by atoms with Gasteiger partial charge in [0.2, 0.25) is 5.96 Å². The zero-order valence-electron chi connectivity index (χ0n) is 16.9. The maximum absolute atomic E-state index is 13.9. The number of anilines is 1. The number of carbonyl (C=O) groups is 1. The molecule has 1 aromatic heterocycles. The van der Waals surface area contributed by atoms with Gasteiger partial charge < -0.3 is 10.1 Å². The molecular weight excluding hydrogens is 383 g/mol. The third kappa shape index (κ3) is 5.64. The number of benzene rings is 2. The van der Waals surface area contributed by atoms with E-state index >= 15 is 0 Å². The van der Waals surface area contributed by atoms with Crippen LogP contribution in [-0.2, 0) is 6.54 Å². The highest BCUT2D eigenvalue weighted by Crippen LogP contribution is 2.23. The highest BCUT2D eigenvalue weighted by Gasteiger charge is 2.13. The topological polar surface area (TPSA) is 75.6 Å². The van der Waals surface area contributed by atoms with Crippen LogP contribution in [0.15, 0.2) is 72.0 Å². The van der Waals surface area contributed by atoms with Gasteiger partial charge in [-0.3, -0.25) is 15.1 Å². The van der Waals surface area contributed by atoms with Gasteiger partial charge in [0.15, 0.2) is 0 Å². The number of aromatic nitrogens is 1. The molecule has 0 radical (unpaired) electrons. The second-order valence-corrected chi connectivity index (χ2v) is 6.49. The van der Waals surface area contributed by atoms with E-state index in [4.69, 9.17) is 4.74 Å². The average Bonchev–Trinajstić information content (AvgIpc) is 2.76. The Morgan fingerprint density at radius 1 is 1.13 bits per heavy atom. The second-order valence-electron chi connectivity index (χ2n) is 6.49. The predicted octanol–water partition coefficient (Wildman–Crippen LogP) is 4.33. The number of amides is 1. The van der Waals surface area contributed by atoms with Crippen molar-refractivity contribution in [1.29, 1.82) is 0 Å². The highest BCUT2D eigenvalue weighted by atomic mass is 19.1. The molecule has 154 valence electrons. The molecule has 0 unspecified atom stereocenters. The molecule has 0 fully saturated rings. The van der Waals surface area contributed by atoms with Crippen molar-refractivity contribution < 1.29 is 13.9 Å². The summed E-state index contributed by atoms with van der Waals surface area (Å²) in [5, 5.41) is 5.84. The highest BCUT2D eigenvalue weighted by molar-refractivity contribution is 6.10. The summed E-state index contributed by atoms with van der Waals surface area (Å²) < 4.78 is 19.5. The fourth-order valence-electron chi connectivity index (χ4n) is 2.66. The van der Waals surface area contributed by atoms with Crippen molar-refractivity contribution in [3.8, 4) is 5.75 Å². The quantitative estimate of drug-likeness (QED) is 0.472. The monoisotopic (exact) mass is 406 g/mol. The summed E-state index contributed by atoms with van der Waals surface area (Å²) in [6, 6.07) is 15.4. The largest absolute Gasteiger partial charge is 0.492 e. The summed E-state index contributed by atoms with van der Waals surface area (Å²) in [5.74, 6) is -0.0477. The van der Waals surface area contributed by atoms with E-state index in [1.54, 1.807) is 31.5 Å². The lowest BCUT2D eigenvalue weighted by Gasteiger charge is -2.15. The Labute approximate surface area is 174 Å². The first kappa shape index (κ1) is 21.0. The first-order chi connectivity index (χ1) is 14.6. The van der Waals surface area contributed by atoms with Crippen LogP contribution in [0.1, 0.15) is 28.4 Å². The molecule has 0 atom stereocenters. The molecule has 2 aromatic carbocycles. The zero-order chi connectivity index (χ0) is 21.3. The summed E-state index contributed by atoms with van der Waals surface area (Å²) in [7, 11) is 0. The van der Waals surface area contributed by atoms with Gasteiger partial charge in [0.05, 0.1) is 18.8 Å². The fraction of sp³-hybridized carbons (Fsp3) is 0.174. The second kappa shape index (κ2) is 10.2. The van der Waals surface area contributed by atoms with Gasteiger partial charge in [-0.25, -0.2) is 9.38 Å². The van der Waals surface area contributed by atoms with Crippen LogP contribution < -0.4 is 15.4 Å². The molecule has 1 amide bonds. The molecule has 2 N–H and O–H groups in total. The molecule has 3 aromatic rings. The molecule has 0 aliphatic heterocycles. The maximum Gasteiger partial charge on any atom is 0.258 e. The Morgan fingerprint density at radius 3 is 2.63 bits per heavy atom. The van der Waals surface area contributed by atoms with E-state index in [0.29, 0.717) is 30.2 Å². The van der Waals surface area contributed by atoms with Crippen LogP contribution in [-0.4, -0.2) is 23.5 Å². The molecule has 0 aliphatic rings. The summed E-state index contributed by atoms with van der Waals surface area (Å²) >= 11 is 0. The SMILES string of the molecule is CCOc1ccccc1NC(=NCc1ccncc1)NC(=O)c1ccc(C)c(F)c1. The van der Waals surface area contributed by atoms with Gasteiger partial charge in [-0.2, -0.15) is 0 Å². The van der Waals surface area contributed by atoms with E-state index in [2.05, 4.69) is 20.6 Å². The Morgan fingerprint density at radius 2 is 1.90 bits per heavy atom. The number of hydrogen-bond donors (Lipinski definition) is 2. The first-order valence-electron chi connectivity index (χ1n) is 9.56. The lowest BCUT2D eigenvalue weighted by atomic mass is 10.1. The van der Waals surface area contributed by atoms with Crippen molar-refractivity contribution >= 4 is 17.6 Å². The minimum atomic E-state index is -0.469. The van der Waals surface area contributed by atoms with E-state index in [9.17, 15) is 9.18 Å². The average molecular weight is 406 g/mol. The van der Waals surface area contributed by atoms with Crippen LogP contribution in [0.4, 0.5) is 10.1 Å². The number of hydrogen-bond acceptors (Lipinski definition) is 4.